The Hall–Kier alpha value is -5.94. The summed E-state index contributed by atoms with van der Waals surface area (Å²) in [6, 6.07) is 60.1. The van der Waals surface area contributed by atoms with Gasteiger partial charge in [-0.3, -0.25) is 0 Å². The summed E-state index contributed by atoms with van der Waals surface area (Å²) in [6.07, 6.45) is 0. The van der Waals surface area contributed by atoms with Crippen LogP contribution in [-0.4, -0.2) is 17.4 Å². The fourth-order valence-electron chi connectivity index (χ4n) is 5.30. The third-order valence-corrected chi connectivity index (χ3v) is 7.56. The first-order chi connectivity index (χ1) is 22.3. The molecule has 0 fully saturated rings. The van der Waals surface area contributed by atoms with E-state index in [1.807, 2.05) is 60.7 Å². The molecule has 0 saturated heterocycles. The van der Waals surface area contributed by atoms with Gasteiger partial charge in [-0.25, -0.2) is 9.97 Å². The Morgan fingerprint density at radius 1 is 0.467 bits per heavy atom. The van der Waals surface area contributed by atoms with E-state index in [1.54, 1.807) is 0 Å². The van der Waals surface area contributed by atoms with Crippen LogP contribution < -0.4 is 15.6 Å². The first-order valence-corrected chi connectivity index (χ1v) is 15.0. The molecule has 0 aliphatic heterocycles. The van der Waals surface area contributed by atoms with Crippen LogP contribution >= 0.6 is 0 Å². The zero-order chi connectivity index (χ0) is 30.3. The van der Waals surface area contributed by atoms with Crippen LogP contribution in [-0.2, 0) is 0 Å². The number of aromatic nitrogens is 2. The maximum absolute atomic E-state index is 5.02. The Kier molecular flexibility index (Phi) is 8.14. The minimum atomic E-state index is 0.687. The number of para-hydroxylation sites is 3. The van der Waals surface area contributed by atoms with E-state index in [2.05, 4.69) is 133 Å². The minimum Gasteiger partial charge on any atom is -0.384 e. The molecule has 1 heterocycles. The summed E-state index contributed by atoms with van der Waals surface area (Å²) in [7, 11) is 2.17. The summed E-state index contributed by atoms with van der Waals surface area (Å²) >= 11 is 0. The van der Waals surface area contributed by atoms with Crippen molar-refractivity contribution in [3.63, 3.8) is 0 Å². The smallest absolute Gasteiger partial charge is 0.291 e. The summed E-state index contributed by atoms with van der Waals surface area (Å²) in [5.41, 5.74) is 10.0. The van der Waals surface area contributed by atoms with E-state index in [9.17, 15) is 0 Å². The SMILES string of the molecule is [B](c1ccccc1)N(c1ccc(-c2nc(-c3ccccc3)cc(-c3ccccc3)n2)cc1)c1ccccc1Nc1ccccc1. The summed E-state index contributed by atoms with van der Waals surface area (Å²) in [5.74, 6) is 0.687. The highest BCUT2D eigenvalue weighted by atomic mass is 15.1. The first kappa shape index (κ1) is 27.9. The highest BCUT2D eigenvalue weighted by Gasteiger charge is 2.17. The summed E-state index contributed by atoms with van der Waals surface area (Å²) in [6.45, 7) is 0. The lowest BCUT2D eigenvalue weighted by molar-refractivity contribution is 1.18. The molecule has 45 heavy (non-hydrogen) atoms. The van der Waals surface area contributed by atoms with Gasteiger partial charge in [-0.05, 0) is 54.6 Å². The molecule has 0 aliphatic carbocycles. The fourth-order valence-corrected chi connectivity index (χ4v) is 5.30. The van der Waals surface area contributed by atoms with Gasteiger partial charge in [-0.15, -0.1) is 0 Å². The predicted octanol–water partition coefficient (Wildman–Crippen LogP) is 9.30. The Balaban J connectivity index is 1.28. The molecule has 0 atom stereocenters. The Morgan fingerprint density at radius 2 is 0.978 bits per heavy atom. The quantitative estimate of drug-likeness (QED) is 0.174. The van der Waals surface area contributed by atoms with Gasteiger partial charge in [-0.2, -0.15) is 0 Å². The van der Waals surface area contributed by atoms with Crippen molar-refractivity contribution >= 4 is 35.6 Å². The Bertz CT molecular complexity index is 1930. The van der Waals surface area contributed by atoms with Crippen LogP contribution in [0.3, 0.4) is 0 Å². The molecular weight excluding hydrogens is 547 g/mol. The van der Waals surface area contributed by atoms with Crippen molar-refractivity contribution in [3.05, 3.63) is 176 Å². The number of hydrogen-bond donors (Lipinski definition) is 1. The lowest BCUT2D eigenvalue weighted by Crippen LogP contribution is -2.32. The molecule has 0 unspecified atom stereocenters. The molecule has 1 radical (unpaired) electrons. The fraction of sp³-hybridized carbons (Fsp3) is 0. The van der Waals surface area contributed by atoms with Crippen molar-refractivity contribution in [2.45, 2.75) is 0 Å². The molecule has 0 spiro atoms. The second-order valence-electron chi connectivity index (χ2n) is 10.7. The van der Waals surface area contributed by atoms with Crippen LogP contribution in [0.4, 0.5) is 22.7 Å². The van der Waals surface area contributed by atoms with Crippen molar-refractivity contribution in [1.29, 1.82) is 0 Å². The summed E-state index contributed by atoms with van der Waals surface area (Å²) in [5, 5.41) is 3.61. The highest BCUT2D eigenvalue weighted by molar-refractivity contribution is 6.59. The second kappa shape index (κ2) is 13.1. The zero-order valence-corrected chi connectivity index (χ0v) is 24.7. The standard InChI is InChI=1S/C40H30BN4/c1-5-15-30(16-6-1)37-29-38(31-17-7-2-8-18-31)44-40(43-37)32-25-27-35(28-26-32)45(41-33-19-9-3-10-20-33)39-24-14-13-23-36(39)42-34-21-11-4-12-22-34/h1-29,42H. The zero-order valence-electron chi connectivity index (χ0n) is 24.7. The Labute approximate surface area is 265 Å². The molecule has 0 bridgehead atoms. The third-order valence-electron chi connectivity index (χ3n) is 7.56. The lowest BCUT2D eigenvalue weighted by atomic mass is 9.79. The summed E-state index contributed by atoms with van der Waals surface area (Å²) < 4.78 is 0. The van der Waals surface area contributed by atoms with E-state index in [-0.39, 0.29) is 0 Å². The number of anilines is 4. The molecule has 0 aliphatic rings. The average molecular weight is 578 g/mol. The van der Waals surface area contributed by atoms with Crippen LogP contribution in [0, 0.1) is 0 Å². The Morgan fingerprint density at radius 3 is 1.58 bits per heavy atom. The molecule has 5 heteroatoms. The van der Waals surface area contributed by atoms with Crippen molar-refractivity contribution in [3.8, 4) is 33.9 Å². The monoisotopic (exact) mass is 577 g/mol. The van der Waals surface area contributed by atoms with Crippen LogP contribution in [0.1, 0.15) is 0 Å². The van der Waals surface area contributed by atoms with Crippen LogP contribution in [0.5, 0.6) is 0 Å². The summed E-state index contributed by atoms with van der Waals surface area (Å²) in [4.78, 5) is 12.3. The molecule has 0 saturated carbocycles. The average Bonchev–Trinajstić information content (AvgIpc) is 3.12. The van der Waals surface area contributed by atoms with E-state index in [4.69, 9.17) is 9.97 Å². The predicted molar refractivity (Wildman–Crippen MR) is 188 cm³/mol. The first-order valence-electron chi connectivity index (χ1n) is 15.0. The largest absolute Gasteiger partial charge is 0.384 e. The molecule has 7 aromatic rings. The van der Waals surface area contributed by atoms with E-state index in [0.717, 1.165) is 56.3 Å². The van der Waals surface area contributed by atoms with E-state index >= 15 is 0 Å². The van der Waals surface area contributed by atoms with Crippen LogP contribution in [0.2, 0.25) is 0 Å². The van der Waals surface area contributed by atoms with E-state index in [1.165, 1.54) is 0 Å². The maximum Gasteiger partial charge on any atom is 0.291 e. The van der Waals surface area contributed by atoms with Crippen LogP contribution in [0.15, 0.2) is 176 Å². The second-order valence-corrected chi connectivity index (χ2v) is 10.7. The van der Waals surface area contributed by atoms with Gasteiger partial charge in [0.05, 0.1) is 22.8 Å². The lowest BCUT2D eigenvalue weighted by Gasteiger charge is -2.28. The van der Waals surface area contributed by atoms with Gasteiger partial charge < -0.3 is 10.1 Å². The van der Waals surface area contributed by atoms with Gasteiger partial charge in [-0.1, -0.05) is 127 Å². The molecule has 7 rings (SSSR count). The number of hydrogen-bond acceptors (Lipinski definition) is 4. The van der Waals surface area contributed by atoms with Gasteiger partial charge in [0.25, 0.3) is 7.41 Å². The number of nitrogens with zero attached hydrogens (tertiary/aromatic N) is 3. The third kappa shape index (κ3) is 6.53. The number of rotatable bonds is 9. The van der Waals surface area contributed by atoms with Crippen LogP contribution in [0.25, 0.3) is 33.9 Å². The molecule has 0 amide bonds. The van der Waals surface area contributed by atoms with Crippen molar-refractivity contribution < 1.29 is 0 Å². The molecule has 213 valence electrons. The van der Waals surface area contributed by atoms with Crippen molar-refractivity contribution in [2.24, 2.45) is 0 Å². The number of nitrogens with one attached hydrogen (secondary N) is 1. The topological polar surface area (TPSA) is 41.1 Å². The molecule has 1 N–H and O–H groups in total. The molecular formula is C40H30BN4. The van der Waals surface area contributed by atoms with Gasteiger partial charge in [0.2, 0.25) is 0 Å². The van der Waals surface area contributed by atoms with Gasteiger partial charge >= 0.3 is 0 Å². The number of benzene rings is 6. The highest BCUT2D eigenvalue weighted by Crippen LogP contribution is 2.35. The van der Waals surface area contributed by atoms with E-state index < -0.39 is 0 Å². The van der Waals surface area contributed by atoms with Gasteiger partial charge in [0.1, 0.15) is 0 Å². The van der Waals surface area contributed by atoms with Crippen molar-refractivity contribution in [1.82, 2.24) is 9.97 Å². The van der Waals surface area contributed by atoms with Gasteiger partial charge in [0.15, 0.2) is 5.82 Å². The maximum atomic E-state index is 5.02. The molecule has 4 nitrogen and oxygen atoms in total. The minimum absolute atomic E-state index is 0.687. The van der Waals surface area contributed by atoms with Gasteiger partial charge in [0, 0.05) is 28.1 Å². The van der Waals surface area contributed by atoms with E-state index in [0.29, 0.717) is 5.82 Å². The normalized spacial score (nSPS) is 10.7. The van der Waals surface area contributed by atoms with Crippen molar-refractivity contribution in [2.75, 3.05) is 10.1 Å². The molecule has 1 aromatic heterocycles. The molecule has 6 aromatic carbocycles.